The van der Waals surface area contributed by atoms with Gasteiger partial charge in [0.1, 0.15) is 0 Å². The summed E-state index contributed by atoms with van der Waals surface area (Å²) in [4.78, 5) is 5.96. The molecule has 0 bridgehead atoms. The van der Waals surface area contributed by atoms with E-state index in [-0.39, 0.29) is 4.21 Å². The van der Waals surface area contributed by atoms with Crippen LogP contribution >= 0.6 is 11.3 Å². The van der Waals surface area contributed by atoms with Crippen molar-refractivity contribution >= 4 is 26.5 Å². The van der Waals surface area contributed by atoms with Crippen molar-refractivity contribution in [1.29, 1.82) is 0 Å². The van der Waals surface area contributed by atoms with Crippen LogP contribution in [-0.4, -0.2) is 56.3 Å². The Kier molecular flexibility index (Phi) is 5.72. The summed E-state index contributed by atoms with van der Waals surface area (Å²) in [5, 5.41) is 0.292. The average molecular weight is 306 g/mol. The molecule has 0 fully saturated rings. The second kappa shape index (κ2) is 6.65. The van der Waals surface area contributed by atoms with Gasteiger partial charge in [-0.15, -0.1) is 0 Å². The molecule has 0 aliphatic rings. The Morgan fingerprint density at radius 3 is 2.32 bits per heavy atom. The van der Waals surface area contributed by atoms with Crippen LogP contribution in [-0.2, 0) is 10.0 Å². The Morgan fingerprint density at radius 2 is 1.89 bits per heavy atom. The van der Waals surface area contributed by atoms with Crippen molar-refractivity contribution in [3.8, 4) is 0 Å². The number of hydrogen-bond donors (Lipinski definition) is 1. The number of nitrogens with zero attached hydrogens (tertiary/aromatic N) is 3. The van der Waals surface area contributed by atoms with Crippen LogP contribution in [0.25, 0.3) is 0 Å². The molecule has 0 aliphatic carbocycles. The third kappa shape index (κ3) is 4.13. The summed E-state index contributed by atoms with van der Waals surface area (Å²) in [6.07, 6.45) is 0.778. The fourth-order valence-corrected chi connectivity index (χ4v) is 4.63. The van der Waals surface area contributed by atoms with Crippen molar-refractivity contribution < 1.29 is 8.42 Å². The van der Waals surface area contributed by atoms with Gasteiger partial charge in [0.25, 0.3) is 10.0 Å². The van der Waals surface area contributed by atoms with E-state index < -0.39 is 10.0 Å². The van der Waals surface area contributed by atoms with Gasteiger partial charge in [0, 0.05) is 19.6 Å². The van der Waals surface area contributed by atoms with Crippen molar-refractivity contribution in [3.05, 3.63) is 5.69 Å². The van der Waals surface area contributed by atoms with Crippen molar-refractivity contribution in [2.75, 3.05) is 39.5 Å². The Hall–Kier alpha value is -0.700. The van der Waals surface area contributed by atoms with Gasteiger partial charge in [-0.2, -0.15) is 4.31 Å². The minimum absolute atomic E-state index is 0.261. The first-order valence-corrected chi connectivity index (χ1v) is 8.42. The number of rotatable bonds is 7. The molecule has 0 saturated carbocycles. The summed E-state index contributed by atoms with van der Waals surface area (Å²) in [5.74, 6) is 0. The molecule has 0 saturated heterocycles. The Labute approximate surface area is 119 Å². The van der Waals surface area contributed by atoms with Crippen LogP contribution in [0.3, 0.4) is 0 Å². The lowest BCUT2D eigenvalue weighted by atomic mass is 10.4. The second-order valence-corrected chi connectivity index (χ2v) is 7.80. The third-order valence-corrected chi connectivity index (χ3v) is 6.09. The van der Waals surface area contributed by atoms with Crippen LogP contribution in [0.15, 0.2) is 4.21 Å². The van der Waals surface area contributed by atoms with Gasteiger partial charge in [-0.25, -0.2) is 13.4 Å². The molecular formula is C11H22N4O2S2. The lowest BCUT2D eigenvalue weighted by molar-refractivity contribution is 0.333. The number of sulfonamides is 1. The van der Waals surface area contributed by atoms with Gasteiger partial charge in [-0.05, 0) is 27.4 Å². The molecule has 1 aromatic heterocycles. The smallest absolute Gasteiger partial charge is 0.254 e. The number of likely N-dealkylation sites (N-methyl/N-ethyl adjacent to an activating group) is 1. The van der Waals surface area contributed by atoms with Crippen LogP contribution in [0.1, 0.15) is 19.0 Å². The standard InChI is InChI=1S/C11H22N4O2S2/c1-5-6-15(8-7-14(3)4)19(16,17)10-9(2)13-11(12)18-10/h5-8H2,1-4H3,(H2,12,13). The minimum atomic E-state index is -3.49. The molecule has 1 rings (SSSR count). The maximum Gasteiger partial charge on any atom is 0.254 e. The maximum atomic E-state index is 12.6. The number of aryl methyl sites for hydroxylation is 1. The van der Waals surface area contributed by atoms with E-state index in [9.17, 15) is 8.42 Å². The first kappa shape index (κ1) is 16.4. The quantitative estimate of drug-likeness (QED) is 0.813. The van der Waals surface area contributed by atoms with Gasteiger partial charge in [0.15, 0.2) is 9.34 Å². The van der Waals surface area contributed by atoms with Gasteiger partial charge in [0.2, 0.25) is 0 Å². The Morgan fingerprint density at radius 1 is 1.26 bits per heavy atom. The predicted octanol–water partition coefficient (Wildman–Crippen LogP) is 0.996. The van der Waals surface area contributed by atoms with Crippen LogP contribution in [0.2, 0.25) is 0 Å². The number of hydrogen-bond acceptors (Lipinski definition) is 6. The van der Waals surface area contributed by atoms with Gasteiger partial charge in [0.05, 0.1) is 5.69 Å². The molecule has 0 amide bonds. The molecule has 6 nitrogen and oxygen atoms in total. The first-order chi connectivity index (χ1) is 8.78. The van der Waals surface area contributed by atoms with Gasteiger partial charge >= 0.3 is 0 Å². The summed E-state index contributed by atoms with van der Waals surface area (Å²) >= 11 is 1.03. The number of aromatic nitrogens is 1. The minimum Gasteiger partial charge on any atom is -0.375 e. The largest absolute Gasteiger partial charge is 0.375 e. The van der Waals surface area contributed by atoms with Crippen LogP contribution in [0.5, 0.6) is 0 Å². The third-order valence-electron chi connectivity index (χ3n) is 2.61. The van der Waals surface area contributed by atoms with E-state index >= 15 is 0 Å². The number of nitrogen functional groups attached to an aromatic ring is 1. The summed E-state index contributed by atoms with van der Waals surface area (Å²) in [7, 11) is 0.361. The highest BCUT2D eigenvalue weighted by molar-refractivity contribution is 7.91. The SMILES string of the molecule is CCCN(CCN(C)C)S(=O)(=O)c1sc(N)nc1C. The lowest BCUT2D eigenvalue weighted by Gasteiger charge is -2.22. The van der Waals surface area contributed by atoms with Crippen molar-refractivity contribution in [1.82, 2.24) is 14.2 Å². The molecular weight excluding hydrogens is 284 g/mol. The average Bonchev–Trinajstić information content (AvgIpc) is 2.64. The lowest BCUT2D eigenvalue weighted by Crippen LogP contribution is -2.37. The summed E-state index contributed by atoms with van der Waals surface area (Å²) in [5.41, 5.74) is 6.07. The molecule has 0 aromatic carbocycles. The molecule has 110 valence electrons. The van der Waals surface area contributed by atoms with E-state index in [1.807, 2.05) is 25.9 Å². The van der Waals surface area contributed by atoms with Crippen LogP contribution in [0.4, 0.5) is 5.13 Å². The number of anilines is 1. The summed E-state index contributed by atoms with van der Waals surface area (Å²) in [6.45, 7) is 5.31. The van der Waals surface area contributed by atoms with E-state index in [0.717, 1.165) is 17.8 Å². The van der Waals surface area contributed by atoms with Crippen molar-refractivity contribution in [3.63, 3.8) is 0 Å². The monoisotopic (exact) mass is 306 g/mol. The molecule has 8 heteroatoms. The highest BCUT2D eigenvalue weighted by Gasteiger charge is 2.28. The topological polar surface area (TPSA) is 79.5 Å². The molecule has 2 N–H and O–H groups in total. The van der Waals surface area contributed by atoms with E-state index in [2.05, 4.69) is 4.98 Å². The number of thiazole rings is 1. The molecule has 0 aliphatic heterocycles. The molecule has 0 unspecified atom stereocenters. The molecule has 0 atom stereocenters. The molecule has 19 heavy (non-hydrogen) atoms. The number of nitrogens with two attached hydrogens (primary N) is 1. The van der Waals surface area contributed by atoms with Gasteiger partial charge in [-0.3, -0.25) is 0 Å². The fourth-order valence-electron chi connectivity index (χ4n) is 1.67. The molecule has 0 radical (unpaired) electrons. The van der Waals surface area contributed by atoms with E-state index in [4.69, 9.17) is 5.73 Å². The van der Waals surface area contributed by atoms with E-state index in [1.54, 1.807) is 6.92 Å². The molecule has 1 aromatic rings. The molecule has 1 heterocycles. The zero-order chi connectivity index (χ0) is 14.6. The maximum absolute atomic E-state index is 12.6. The highest BCUT2D eigenvalue weighted by atomic mass is 32.2. The molecule has 0 spiro atoms. The van der Waals surface area contributed by atoms with E-state index in [1.165, 1.54) is 4.31 Å². The van der Waals surface area contributed by atoms with Crippen molar-refractivity contribution in [2.24, 2.45) is 0 Å². The second-order valence-electron chi connectivity index (χ2n) is 4.63. The van der Waals surface area contributed by atoms with Gasteiger partial charge < -0.3 is 10.6 Å². The first-order valence-electron chi connectivity index (χ1n) is 6.16. The van der Waals surface area contributed by atoms with Crippen LogP contribution in [0, 0.1) is 6.92 Å². The zero-order valence-electron chi connectivity index (χ0n) is 11.9. The zero-order valence-corrected chi connectivity index (χ0v) is 13.5. The summed E-state index contributed by atoms with van der Waals surface area (Å²) in [6, 6.07) is 0. The normalized spacial score (nSPS) is 12.5. The fraction of sp³-hybridized carbons (Fsp3) is 0.727. The Balaban J connectivity index is 3.02. The van der Waals surface area contributed by atoms with Gasteiger partial charge in [-0.1, -0.05) is 18.3 Å². The predicted molar refractivity (Wildman–Crippen MR) is 78.9 cm³/mol. The highest BCUT2D eigenvalue weighted by Crippen LogP contribution is 2.27. The van der Waals surface area contributed by atoms with E-state index in [0.29, 0.717) is 30.5 Å². The van der Waals surface area contributed by atoms with Crippen molar-refractivity contribution in [2.45, 2.75) is 24.5 Å². The summed E-state index contributed by atoms with van der Waals surface area (Å²) < 4.78 is 27.0. The van der Waals surface area contributed by atoms with Crippen LogP contribution < -0.4 is 5.73 Å². The Bertz CT molecular complexity index is 511.